The van der Waals surface area contributed by atoms with Crippen LogP contribution in [0.25, 0.3) is 10.9 Å². The number of benzene rings is 2. The van der Waals surface area contributed by atoms with Crippen LogP contribution in [0, 0.1) is 5.82 Å². The Morgan fingerprint density at radius 1 is 1.04 bits per heavy atom. The van der Waals surface area contributed by atoms with Gasteiger partial charge in [0.15, 0.2) is 0 Å². The van der Waals surface area contributed by atoms with Gasteiger partial charge < -0.3 is 10.1 Å². The van der Waals surface area contributed by atoms with Crippen molar-refractivity contribution in [2.45, 2.75) is 12.6 Å². The van der Waals surface area contributed by atoms with Gasteiger partial charge in [-0.05, 0) is 42.3 Å². The summed E-state index contributed by atoms with van der Waals surface area (Å²) in [4.78, 5) is 4.25. The maximum atomic E-state index is 13.4. The van der Waals surface area contributed by atoms with E-state index in [0.717, 1.165) is 11.6 Å². The highest BCUT2D eigenvalue weighted by Crippen LogP contribution is 2.36. The quantitative estimate of drug-likeness (QED) is 0.643. The first kappa shape index (κ1) is 18.0. The summed E-state index contributed by atoms with van der Waals surface area (Å²) in [7, 11) is 1.44. The van der Waals surface area contributed by atoms with Crippen LogP contribution in [0.2, 0.25) is 0 Å². The van der Waals surface area contributed by atoms with Crippen molar-refractivity contribution in [1.29, 1.82) is 0 Å². The van der Waals surface area contributed by atoms with Gasteiger partial charge in [-0.15, -0.1) is 0 Å². The van der Waals surface area contributed by atoms with Gasteiger partial charge in [0, 0.05) is 18.0 Å². The Balaban J connectivity index is 1.86. The Morgan fingerprint density at radius 3 is 2.42 bits per heavy atom. The Hall–Kier alpha value is -2.83. The van der Waals surface area contributed by atoms with E-state index in [1.165, 1.54) is 37.4 Å². The van der Waals surface area contributed by atoms with Gasteiger partial charge in [-0.25, -0.2) is 9.37 Å². The lowest BCUT2D eigenvalue weighted by Gasteiger charge is -2.14. The molecule has 0 aliphatic rings. The Morgan fingerprint density at radius 2 is 1.77 bits per heavy atom. The lowest BCUT2D eigenvalue weighted by atomic mass is 10.1. The predicted molar refractivity (Wildman–Crippen MR) is 91.9 cm³/mol. The lowest BCUT2D eigenvalue weighted by molar-refractivity contribution is -0.136. The monoisotopic (exact) mass is 364 g/mol. The molecule has 26 heavy (non-hydrogen) atoms. The summed E-state index contributed by atoms with van der Waals surface area (Å²) in [5.41, 5.74) is 0.315. The summed E-state index contributed by atoms with van der Waals surface area (Å²) in [6.45, 7) is 0.366. The number of pyridine rings is 1. The highest BCUT2D eigenvalue weighted by atomic mass is 19.4. The van der Waals surface area contributed by atoms with Crippen LogP contribution in [0.5, 0.6) is 5.75 Å². The average molecular weight is 364 g/mol. The fourth-order valence-electron chi connectivity index (χ4n) is 2.65. The maximum absolute atomic E-state index is 13.4. The topological polar surface area (TPSA) is 34.1 Å². The molecule has 3 rings (SSSR count). The van der Waals surface area contributed by atoms with Crippen LogP contribution in [-0.2, 0) is 12.6 Å². The number of hydrogen-bond acceptors (Lipinski definition) is 3. The summed E-state index contributed by atoms with van der Waals surface area (Å²) in [5, 5.41) is 2.92. The number of nitrogens with zero attached hydrogens (tertiary/aromatic N) is 1. The average Bonchev–Trinajstić information content (AvgIpc) is 2.61. The molecule has 136 valence electrons. The van der Waals surface area contributed by atoms with E-state index in [-0.39, 0.29) is 22.5 Å². The number of fused-ring (bicyclic) bond motifs is 1. The molecule has 2 aromatic carbocycles. The molecule has 1 heterocycles. The van der Waals surface area contributed by atoms with Gasteiger partial charge >= 0.3 is 6.18 Å². The number of ether oxygens (including phenoxy) is 1. The summed E-state index contributed by atoms with van der Waals surface area (Å²) < 4.78 is 58.1. The molecule has 1 aromatic heterocycles. The SMILES string of the molecule is COc1ccc2c(C(F)(F)F)cc(NCCc3ccc(F)cc3)nc2c1. The second-order valence-electron chi connectivity index (χ2n) is 5.74. The van der Waals surface area contributed by atoms with Crippen molar-refractivity contribution >= 4 is 16.7 Å². The third-order valence-corrected chi connectivity index (χ3v) is 3.96. The van der Waals surface area contributed by atoms with Crippen LogP contribution in [0.1, 0.15) is 11.1 Å². The molecule has 0 aliphatic carbocycles. The molecule has 0 aliphatic heterocycles. The number of aromatic nitrogens is 1. The highest BCUT2D eigenvalue weighted by Gasteiger charge is 2.33. The Labute approximate surface area is 147 Å². The molecule has 0 radical (unpaired) electrons. The Kier molecular flexibility index (Phi) is 4.97. The molecule has 1 N–H and O–H groups in total. The molecule has 0 saturated carbocycles. The molecule has 0 atom stereocenters. The smallest absolute Gasteiger partial charge is 0.417 e. The number of rotatable bonds is 5. The minimum absolute atomic E-state index is 0.0161. The molecule has 3 nitrogen and oxygen atoms in total. The molecular weight excluding hydrogens is 348 g/mol. The number of methoxy groups -OCH3 is 1. The van der Waals surface area contributed by atoms with Gasteiger partial charge in [-0.1, -0.05) is 12.1 Å². The minimum Gasteiger partial charge on any atom is -0.497 e. The minimum atomic E-state index is -4.50. The van der Waals surface area contributed by atoms with Crippen LogP contribution in [-0.4, -0.2) is 18.6 Å². The van der Waals surface area contributed by atoms with Gasteiger partial charge in [0.25, 0.3) is 0 Å². The molecule has 7 heteroatoms. The van der Waals surface area contributed by atoms with Crippen LogP contribution in [0.4, 0.5) is 23.4 Å². The number of nitrogens with one attached hydrogen (secondary N) is 1. The second-order valence-corrected chi connectivity index (χ2v) is 5.74. The van der Waals surface area contributed by atoms with Gasteiger partial charge in [0.2, 0.25) is 0 Å². The summed E-state index contributed by atoms with van der Waals surface area (Å²) in [5.74, 6) is 0.225. The van der Waals surface area contributed by atoms with E-state index in [1.807, 2.05) is 0 Å². The first-order valence-electron chi connectivity index (χ1n) is 7.91. The van der Waals surface area contributed by atoms with Crippen molar-refractivity contribution in [3.8, 4) is 5.75 Å². The maximum Gasteiger partial charge on any atom is 0.417 e. The van der Waals surface area contributed by atoms with Crippen molar-refractivity contribution in [2.75, 3.05) is 19.0 Å². The van der Waals surface area contributed by atoms with Crippen molar-refractivity contribution in [3.05, 3.63) is 65.5 Å². The first-order chi connectivity index (χ1) is 12.4. The van der Waals surface area contributed by atoms with E-state index in [4.69, 9.17) is 4.74 Å². The molecule has 0 spiro atoms. The molecule has 0 amide bonds. The highest BCUT2D eigenvalue weighted by molar-refractivity contribution is 5.85. The molecular formula is C19H16F4N2O. The fraction of sp³-hybridized carbons (Fsp3) is 0.211. The zero-order valence-corrected chi connectivity index (χ0v) is 13.9. The van der Waals surface area contributed by atoms with Crippen LogP contribution in [0.15, 0.2) is 48.5 Å². The summed E-state index contributed by atoms with van der Waals surface area (Å²) in [6.07, 6.45) is -3.97. The van der Waals surface area contributed by atoms with Crippen molar-refractivity contribution < 1.29 is 22.3 Å². The van der Waals surface area contributed by atoms with E-state index >= 15 is 0 Å². The van der Waals surface area contributed by atoms with E-state index in [0.29, 0.717) is 18.7 Å². The second kappa shape index (κ2) is 7.19. The van der Waals surface area contributed by atoms with Gasteiger partial charge in [0.1, 0.15) is 17.4 Å². The van der Waals surface area contributed by atoms with Crippen molar-refractivity contribution in [3.63, 3.8) is 0 Å². The number of anilines is 1. The molecule has 3 aromatic rings. The normalized spacial score (nSPS) is 11.6. The number of hydrogen-bond donors (Lipinski definition) is 1. The zero-order chi connectivity index (χ0) is 18.7. The standard InChI is InChI=1S/C19H16F4N2O/c1-26-14-6-7-15-16(19(21,22)23)11-18(25-17(15)10-14)24-9-8-12-2-4-13(20)5-3-12/h2-7,10-11H,8-9H2,1H3,(H,24,25). The summed E-state index contributed by atoms with van der Waals surface area (Å²) >= 11 is 0. The molecule has 0 unspecified atom stereocenters. The van der Waals surface area contributed by atoms with Crippen LogP contribution in [0.3, 0.4) is 0 Å². The van der Waals surface area contributed by atoms with Crippen molar-refractivity contribution in [1.82, 2.24) is 4.98 Å². The fourth-order valence-corrected chi connectivity index (χ4v) is 2.65. The van der Waals surface area contributed by atoms with Crippen LogP contribution >= 0.6 is 0 Å². The third kappa shape index (κ3) is 4.04. The van der Waals surface area contributed by atoms with Gasteiger partial charge in [-0.3, -0.25) is 0 Å². The number of alkyl halides is 3. The largest absolute Gasteiger partial charge is 0.497 e. The first-order valence-corrected chi connectivity index (χ1v) is 7.91. The van der Waals surface area contributed by atoms with Gasteiger partial charge in [-0.2, -0.15) is 13.2 Å². The van der Waals surface area contributed by atoms with E-state index in [9.17, 15) is 17.6 Å². The third-order valence-electron chi connectivity index (χ3n) is 3.96. The van der Waals surface area contributed by atoms with Gasteiger partial charge in [0.05, 0.1) is 18.2 Å². The van der Waals surface area contributed by atoms with Crippen LogP contribution < -0.4 is 10.1 Å². The van der Waals surface area contributed by atoms with E-state index in [2.05, 4.69) is 10.3 Å². The summed E-state index contributed by atoms with van der Waals surface area (Å²) in [6, 6.07) is 11.3. The van der Waals surface area contributed by atoms with Crippen molar-refractivity contribution in [2.24, 2.45) is 0 Å². The molecule has 0 fully saturated rings. The predicted octanol–water partition coefficient (Wildman–Crippen LogP) is 5.06. The molecule has 0 bridgehead atoms. The molecule has 0 saturated heterocycles. The van der Waals surface area contributed by atoms with E-state index < -0.39 is 11.7 Å². The number of halogens is 4. The lowest BCUT2D eigenvalue weighted by Crippen LogP contribution is -2.11. The zero-order valence-electron chi connectivity index (χ0n) is 13.9. The Bertz CT molecular complexity index is 908. The van der Waals surface area contributed by atoms with E-state index in [1.54, 1.807) is 12.1 Å².